The highest BCUT2D eigenvalue weighted by Crippen LogP contribution is 2.24. The summed E-state index contributed by atoms with van der Waals surface area (Å²) >= 11 is 0. The van der Waals surface area contributed by atoms with E-state index in [1.54, 1.807) is 12.1 Å². The van der Waals surface area contributed by atoms with E-state index in [2.05, 4.69) is 22.0 Å². The number of carboxylic acid groups (broad SMARTS) is 1. The second-order valence-corrected chi connectivity index (χ2v) is 7.99. The number of hydrogen-bond acceptors (Lipinski definition) is 4. The van der Waals surface area contributed by atoms with Crippen LogP contribution in [0.25, 0.3) is 0 Å². The number of fused-ring (bicyclic) bond motifs is 1. The van der Waals surface area contributed by atoms with Crippen LogP contribution >= 0.6 is 0 Å². The molecular formula is C23H26F4N4O3. The highest BCUT2D eigenvalue weighted by Gasteiger charge is 2.38. The molecule has 0 radical (unpaired) electrons. The van der Waals surface area contributed by atoms with Gasteiger partial charge >= 0.3 is 18.2 Å². The molecule has 1 fully saturated rings. The Morgan fingerprint density at radius 3 is 2.32 bits per heavy atom. The molecular weight excluding hydrogens is 456 g/mol. The van der Waals surface area contributed by atoms with Gasteiger partial charge in [-0.05, 0) is 55.1 Å². The number of para-hydroxylation sites is 1. The van der Waals surface area contributed by atoms with Gasteiger partial charge in [-0.1, -0.05) is 24.3 Å². The van der Waals surface area contributed by atoms with Crippen molar-refractivity contribution in [1.82, 2.24) is 10.2 Å². The number of alkyl halides is 3. The first-order chi connectivity index (χ1) is 16.1. The second kappa shape index (κ2) is 11.2. The molecule has 2 aromatic carbocycles. The van der Waals surface area contributed by atoms with Gasteiger partial charge in [0.1, 0.15) is 5.82 Å². The van der Waals surface area contributed by atoms with Crippen molar-refractivity contribution in [3.05, 3.63) is 59.4 Å². The number of amides is 2. The van der Waals surface area contributed by atoms with Gasteiger partial charge < -0.3 is 26.0 Å². The van der Waals surface area contributed by atoms with Gasteiger partial charge in [0.15, 0.2) is 0 Å². The van der Waals surface area contributed by atoms with Gasteiger partial charge in [-0.15, -0.1) is 0 Å². The Morgan fingerprint density at radius 1 is 1.03 bits per heavy atom. The number of aliphatic carboxylic acids is 1. The van der Waals surface area contributed by atoms with Crippen LogP contribution < -0.4 is 16.0 Å². The Morgan fingerprint density at radius 2 is 1.68 bits per heavy atom. The molecule has 2 aliphatic heterocycles. The first-order valence-corrected chi connectivity index (χ1v) is 10.8. The summed E-state index contributed by atoms with van der Waals surface area (Å²) in [5.41, 5.74) is 3.92. The highest BCUT2D eigenvalue weighted by atomic mass is 19.4. The number of nitrogens with one attached hydrogen (secondary N) is 3. The maximum atomic E-state index is 13.8. The predicted molar refractivity (Wildman–Crippen MR) is 119 cm³/mol. The van der Waals surface area contributed by atoms with Crippen LogP contribution in [0, 0.1) is 5.82 Å². The van der Waals surface area contributed by atoms with E-state index in [0.29, 0.717) is 18.8 Å². The fourth-order valence-electron chi connectivity index (χ4n) is 3.85. The molecule has 11 heteroatoms. The van der Waals surface area contributed by atoms with Crippen molar-refractivity contribution < 1.29 is 32.3 Å². The Bertz CT molecular complexity index is 1010. The Labute approximate surface area is 194 Å². The molecule has 2 heterocycles. The summed E-state index contributed by atoms with van der Waals surface area (Å²) < 4.78 is 45.5. The third-order valence-electron chi connectivity index (χ3n) is 5.65. The fourth-order valence-corrected chi connectivity index (χ4v) is 3.85. The Kier molecular flexibility index (Phi) is 8.32. The van der Waals surface area contributed by atoms with E-state index in [9.17, 15) is 22.4 Å². The molecule has 34 heavy (non-hydrogen) atoms. The lowest BCUT2D eigenvalue weighted by atomic mass is 9.99. The van der Waals surface area contributed by atoms with Gasteiger partial charge in [-0.3, -0.25) is 0 Å². The van der Waals surface area contributed by atoms with Crippen LogP contribution in [0.1, 0.15) is 24.0 Å². The molecule has 0 aliphatic carbocycles. The Hall–Kier alpha value is -3.34. The summed E-state index contributed by atoms with van der Waals surface area (Å²) in [6.07, 6.45) is -2.49. The van der Waals surface area contributed by atoms with E-state index >= 15 is 0 Å². The van der Waals surface area contributed by atoms with Crippen LogP contribution in [0.2, 0.25) is 0 Å². The minimum absolute atomic E-state index is 0.0571. The normalized spacial score (nSPS) is 16.1. The summed E-state index contributed by atoms with van der Waals surface area (Å²) in [6.45, 7) is 3.09. The van der Waals surface area contributed by atoms with Crippen molar-refractivity contribution >= 4 is 23.4 Å². The lowest BCUT2D eigenvalue weighted by Crippen LogP contribution is -2.44. The number of carbonyl (C=O) groups is 2. The molecule has 2 aromatic rings. The summed E-state index contributed by atoms with van der Waals surface area (Å²) in [5, 5.41) is 16.8. The summed E-state index contributed by atoms with van der Waals surface area (Å²) in [7, 11) is 0. The van der Waals surface area contributed by atoms with E-state index < -0.39 is 12.1 Å². The molecule has 0 saturated carbocycles. The average Bonchev–Trinajstić information content (AvgIpc) is 2.81. The van der Waals surface area contributed by atoms with E-state index in [1.807, 2.05) is 23.1 Å². The highest BCUT2D eigenvalue weighted by molar-refractivity contribution is 5.90. The molecule has 7 nitrogen and oxygen atoms in total. The zero-order valence-corrected chi connectivity index (χ0v) is 18.3. The molecule has 0 aromatic heterocycles. The SMILES string of the molecule is O=C(Nc1cccc2c1CNCC2)N1CCC(Nc2ccccc2F)CC1.O=C(O)C(F)(F)F. The molecule has 4 N–H and O–H groups in total. The number of piperidine rings is 1. The van der Waals surface area contributed by atoms with Gasteiger partial charge in [-0.2, -0.15) is 13.2 Å². The molecule has 0 bridgehead atoms. The Balaban J connectivity index is 0.000000406. The predicted octanol–water partition coefficient (Wildman–Crippen LogP) is 4.21. The van der Waals surface area contributed by atoms with E-state index in [4.69, 9.17) is 9.90 Å². The van der Waals surface area contributed by atoms with Crippen molar-refractivity contribution in [2.24, 2.45) is 0 Å². The maximum Gasteiger partial charge on any atom is 0.490 e. The van der Waals surface area contributed by atoms with Gasteiger partial charge in [0.05, 0.1) is 5.69 Å². The maximum absolute atomic E-state index is 13.8. The number of benzene rings is 2. The van der Waals surface area contributed by atoms with Crippen LogP contribution in [0.4, 0.5) is 33.7 Å². The number of nitrogens with zero attached hydrogens (tertiary/aromatic N) is 1. The second-order valence-electron chi connectivity index (χ2n) is 7.99. The van der Waals surface area contributed by atoms with Crippen LogP contribution in [0.5, 0.6) is 0 Å². The zero-order chi connectivity index (χ0) is 24.7. The third-order valence-corrected chi connectivity index (χ3v) is 5.65. The zero-order valence-electron chi connectivity index (χ0n) is 18.3. The smallest absolute Gasteiger partial charge is 0.475 e. The van der Waals surface area contributed by atoms with E-state index in [-0.39, 0.29) is 17.9 Å². The summed E-state index contributed by atoms with van der Waals surface area (Å²) in [4.78, 5) is 23.4. The van der Waals surface area contributed by atoms with Crippen LogP contribution in [0.15, 0.2) is 42.5 Å². The third kappa shape index (κ3) is 6.83. The number of carboxylic acids is 1. The molecule has 4 rings (SSSR count). The van der Waals surface area contributed by atoms with Crippen molar-refractivity contribution in [2.75, 3.05) is 30.3 Å². The van der Waals surface area contributed by atoms with Crippen LogP contribution in [-0.2, 0) is 17.8 Å². The average molecular weight is 482 g/mol. The molecule has 184 valence electrons. The minimum atomic E-state index is -5.08. The quantitative estimate of drug-likeness (QED) is 0.492. The van der Waals surface area contributed by atoms with Crippen LogP contribution in [-0.4, -0.2) is 53.9 Å². The molecule has 0 spiro atoms. The number of rotatable bonds is 3. The topological polar surface area (TPSA) is 93.7 Å². The van der Waals surface area contributed by atoms with Gasteiger partial charge in [0.25, 0.3) is 0 Å². The van der Waals surface area contributed by atoms with Gasteiger partial charge in [-0.25, -0.2) is 14.0 Å². The summed E-state index contributed by atoms with van der Waals surface area (Å²) in [5.74, 6) is -2.99. The molecule has 0 unspecified atom stereocenters. The van der Waals surface area contributed by atoms with Crippen molar-refractivity contribution in [1.29, 1.82) is 0 Å². The number of halogens is 4. The minimum Gasteiger partial charge on any atom is -0.475 e. The van der Waals surface area contributed by atoms with E-state index in [0.717, 1.165) is 38.0 Å². The van der Waals surface area contributed by atoms with Crippen LogP contribution in [0.3, 0.4) is 0 Å². The van der Waals surface area contributed by atoms with Gasteiger partial charge in [0.2, 0.25) is 0 Å². The standard InChI is InChI=1S/C21H25FN4O.C2HF3O2/c22-18-5-1-2-6-20(18)24-16-9-12-26(13-10-16)21(27)25-19-7-3-4-15-8-11-23-14-17(15)19;3-2(4,5)1(6)7/h1-7,16,23-24H,8-14H2,(H,25,27);(H,6,7). The number of urea groups is 1. The largest absolute Gasteiger partial charge is 0.490 e. The lowest BCUT2D eigenvalue weighted by molar-refractivity contribution is -0.192. The fraction of sp³-hybridized carbons (Fsp3) is 0.391. The number of anilines is 2. The van der Waals surface area contributed by atoms with Crippen molar-refractivity contribution in [3.63, 3.8) is 0 Å². The lowest BCUT2D eigenvalue weighted by Gasteiger charge is -2.33. The molecule has 1 saturated heterocycles. The number of carbonyl (C=O) groups excluding carboxylic acids is 1. The molecule has 2 amide bonds. The van der Waals surface area contributed by atoms with Crippen molar-refractivity contribution in [2.45, 2.75) is 38.0 Å². The monoisotopic (exact) mass is 482 g/mol. The van der Waals surface area contributed by atoms with Crippen molar-refractivity contribution in [3.8, 4) is 0 Å². The van der Waals surface area contributed by atoms with Gasteiger partial charge in [0, 0.05) is 31.4 Å². The first-order valence-electron chi connectivity index (χ1n) is 10.8. The summed E-state index contributed by atoms with van der Waals surface area (Å²) in [6, 6.07) is 12.9. The molecule has 0 atom stereocenters. The number of hydrogen-bond donors (Lipinski definition) is 4. The van der Waals surface area contributed by atoms with E-state index in [1.165, 1.54) is 17.2 Å². The first kappa shape index (κ1) is 25.3. The number of likely N-dealkylation sites (tertiary alicyclic amines) is 1. The molecule has 2 aliphatic rings.